The molecule has 0 saturated carbocycles. The molecule has 0 fully saturated rings. The van der Waals surface area contributed by atoms with Crippen LogP contribution in [-0.2, 0) is 6.18 Å². The van der Waals surface area contributed by atoms with Gasteiger partial charge in [-0.3, -0.25) is 0 Å². The van der Waals surface area contributed by atoms with Crippen LogP contribution in [0.2, 0.25) is 0 Å². The molecule has 0 atom stereocenters. The Bertz CT molecular complexity index is 489. The van der Waals surface area contributed by atoms with Gasteiger partial charge in [0.1, 0.15) is 0 Å². The van der Waals surface area contributed by atoms with Crippen LogP contribution in [0, 0.1) is 0 Å². The van der Waals surface area contributed by atoms with Crippen molar-refractivity contribution in [2.45, 2.75) is 6.18 Å². The number of alkyl halides is 3. The Morgan fingerprint density at radius 3 is 2.50 bits per heavy atom. The van der Waals surface area contributed by atoms with Gasteiger partial charge in [0, 0.05) is 18.1 Å². The average molecular weight is 227 g/mol. The van der Waals surface area contributed by atoms with E-state index in [9.17, 15) is 13.2 Å². The molecule has 3 nitrogen and oxygen atoms in total. The van der Waals surface area contributed by atoms with Crippen LogP contribution in [0.5, 0.6) is 0 Å². The van der Waals surface area contributed by atoms with Crippen molar-refractivity contribution in [1.82, 2.24) is 9.78 Å². The molecule has 0 aliphatic rings. The molecule has 0 unspecified atom stereocenters. The number of nitrogens with zero attached hydrogens (tertiary/aromatic N) is 2. The average Bonchev–Trinajstić information content (AvgIpc) is 2.68. The summed E-state index contributed by atoms with van der Waals surface area (Å²) in [4.78, 5) is 0. The monoisotopic (exact) mass is 227 g/mol. The maximum atomic E-state index is 12.5. The second-order valence-corrected chi connectivity index (χ2v) is 3.26. The topological polar surface area (TPSA) is 43.8 Å². The Morgan fingerprint density at radius 2 is 1.94 bits per heavy atom. The summed E-state index contributed by atoms with van der Waals surface area (Å²) in [7, 11) is 0. The van der Waals surface area contributed by atoms with E-state index in [1.54, 1.807) is 12.3 Å². The van der Waals surface area contributed by atoms with Gasteiger partial charge in [0.15, 0.2) is 0 Å². The summed E-state index contributed by atoms with van der Waals surface area (Å²) in [5.41, 5.74) is 4.99. The van der Waals surface area contributed by atoms with E-state index in [-0.39, 0.29) is 11.4 Å². The molecule has 16 heavy (non-hydrogen) atoms. The van der Waals surface area contributed by atoms with E-state index in [4.69, 9.17) is 5.73 Å². The number of nitrogens with two attached hydrogens (primary N) is 1. The molecular formula is C10H8F3N3. The highest BCUT2D eigenvalue weighted by molar-refractivity contribution is 5.51. The van der Waals surface area contributed by atoms with E-state index < -0.39 is 11.7 Å². The number of hydrogen-bond acceptors (Lipinski definition) is 2. The van der Waals surface area contributed by atoms with Crippen LogP contribution in [0.15, 0.2) is 36.7 Å². The third-order valence-corrected chi connectivity index (χ3v) is 2.04. The number of hydrogen-bond donors (Lipinski definition) is 1. The molecule has 0 aliphatic heterocycles. The van der Waals surface area contributed by atoms with Crippen molar-refractivity contribution in [1.29, 1.82) is 0 Å². The Kier molecular flexibility index (Phi) is 2.34. The molecule has 2 N–H and O–H groups in total. The molecular weight excluding hydrogens is 219 g/mol. The van der Waals surface area contributed by atoms with Crippen LogP contribution < -0.4 is 5.73 Å². The molecule has 0 saturated heterocycles. The minimum Gasteiger partial charge on any atom is -0.399 e. The second-order valence-electron chi connectivity index (χ2n) is 3.26. The van der Waals surface area contributed by atoms with E-state index in [0.717, 1.165) is 12.1 Å². The van der Waals surface area contributed by atoms with E-state index in [0.29, 0.717) is 0 Å². The van der Waals surface area contributed by atoms with Crippen LogP contribution in [-0.4, -0.2) is 9.78 Å². The minimum atomic E-state index is -4.41. The Labute approximate surface area is 89.3 Å². The lowest BCUT2D eigenvalue weighted by atomic mass is 10.1. The van der Waals surface area contributed by atoms with E-state index in [1.807, 2.05) is 0 Å². The van der Waals surface area contributed by atoms with Crippen molar-refractivity contribution in [2.75, 3.05) is 5.73 Å². The van der Waals surface area contributed by atoms with Gasteiger partial charge in [0.2, 0.25) is 0 Å². The van der Waals surface area contributed by atoms with Gasteiger partial charge in [0.05, 0.1) is 11.3 Å². The first-order chi connectivity index (χ1) is 7.47. The van der Waals surface area contributed by atoms with Crippen LogP contribution in [0.4, 0.5) is 18.9 Å². The van der Waals surface area contributed by atoms with Gasteiger partial charge >= 0.3 is 6.18 Å². The maximum absolute atomic E-state index is 12.5. The van der Waals surface area contributed by atoms with Gasteiger partial charge in [-0.15, -0.1) is 0 Å². The molecule has 0 radical (unpaired) electrons. The smallest absolute Gasteiger partial charge is 0.399 e. The van der Waals surface area contributed by atoms with Crippen molar-refractivity contribution in [2.24, 2.45) is 0 Å². The summed E-state index contributed by atoms with van der Waals surface area (Å²) in [6.07, 6.45) is -1.37. The van der Waals surface area contributed by atoms with Crippen molar-refractivity contribution >= 4 is 5.69 Å². The molecule has 0 bridgehead atoms. The highest BCUT2D eigenvalue weighted by atomic mass is 19.4. The predicted molar refractivity (Wildman–Crippen MR) is 53.0 cm³/mol. The van der Waals surface area contributed by atoms with Crippen molar-refractivity contribution in [3.8, 4) is 5.69 Å². The van der Waals surface area contributed by atoms with Crippen molar-refractivity contribution < 1.29 is 13.2 Å². The second kappa shape index (κ2) is 3.55. The van der Waals surface area contributed by atoms with E-state index in [1.165, 1.54) is 16.9 Å². The molecule has 6 heteroatoms. The van der Waals surface area contributed by atoms with Gasteiger partial charge in [0.25, 0.3) is 0 Å². The standard InChI is InChI=1S/C10H8F3N3/c11-10(12,13)7-4-8(14)6-9(5-7)16-3-1-2-15-16/h1-6H,14H2. The lowest BCUT2D eigenvalue weighted by Crippen LogP contribution is -2.07. The van der Waals surface area contributed by atoms with Gasteiger partial charge in [-0.25, -0.2) is 4.68 Å². The molecule has 0 aliphatic carbocycles. The van der Waals surface area contributed by atoms with Crippen LogP contribution in [0.3, 0.4) is 0 Å². The SMILES string of the molecule is Nc1cc(-n2cccn2)cc(C(F)(F)F)c1. The van der Waals surface area contributed by atoms with Crippen LogP contribution in [0.1, 0.15) is 5.56 Å². The maximum Gasteiger partial charge on any atom is 0.416 e. The molecule has 0 amide bonds. The summed E-state index contributed by atoms with van der Waals surface area (Å²) in [5, 5.41) is 3.84. The highest BCUT2D eigenvalue weighted by Crippen LogP contribution is 2.31. The zero-order valence-corrected chi connectivity index (χ0v) is 8.07. The van der Waals surface area contributed by atoms with E-state index in [2.05, 4.69) is 5.10 Å². The molecule has 1 aromatic carbocycles. The molecule has 1 heterocycles. The van der Waals surface area contributed by atoms with Gasteiger partial charge in [-0.2, -0.15) is 18.3 Å². The number of aromatic nitrogens is 2. The first-order valence-corrected chi connectivity index (χ1v) is 4.44. The predicted octanol–water partition coefficient (Wildman–Crippen LogP) is 2.47. The Balaban J connectivity index is 2.53. The lowest BCUT2D eigenvalue weighted by Gasteiger charge is -2.10. The minimum absolute atomic E-state index is 0.0559. The summed E-state index contributed by atoms with van der Waals surface area (Å²) in [6, 6.07) is 4.95. The molecule has 84 valence electrons. The molecule has 2 aromatic rings. The number of halogens is 3. The number of rotatable bonds is 1. The zero-order chi connectivity index (χ0) is 11.8. The van der Waals surface area contributed by atoms with Gasteiger partial charge in [-0.1, -0.05) is 0 Å². The van der Waals surface area contributed by atoms with Crippen molar-refractivity contribution in [3.63, 3.8) is 0 Å². The van der Waals surface area contributed by atoms with Crippen molar-refractivity contribution in [3.05, 3.63) is 42.2 Å². The third kappa shape index (κ3) is 2.00. The molecule has 0 spiro atoms. The summed E-state index contributed by atoms with van der Waals surface area (Å²) in [5.74, 6) is 0. The quantitative estimate of drug-likeness (QED) is 0.760. The Hall–Kier alpha value is -1.98. The fourth-order valence-corrected chi connectivity index (χ4v) is 1.35. The normalized spacial score (nSPS) is 11.7. The largest absolute Gasteiger partial charge is 0.416 e. The zero-order valence-electron chi connectivity index (χ0n) is 8.07. The highest BCUT2D eigenvalue weighted by Gasteiger charge is 2.31. The van der Waals surface area contributed by atoms with Gasteiger partial charge < -0.3 is 5.73 Å². The number of anilines is 1. The molecule has 1 aromatic heterocycles. The summed E-state index contributed by atoms with van der Waals surface area (Å²) in [6.45, 7) is 0. The lowest BCUT2D eigenvalue weighted by molar-refractivity contribution is -0.137. The number of benzene rings is 1. The third-order valence-electron chi connectivity index (χ3n) is 2.04. The van der Waals surface area contributed by atoms with E-state index >= 15 is 0 Å². The Morgan fingerprint density at radius 1 is 1.19 bits per heavy atom. The summed E-state index contributed by atoms with van der Waals surface area (Å²) < 4.78 is 38.8. The fraction of sp³-hybridized carbons (Fsp3) is 0.100. The molecule has 2 rings (SSSR count). The van der Waals surface area contributed by atoms with Crippen LogP contribution in [0.25, 0.3) is 5.69 Å². The summed E-state index contributed by atoms with van der Waals surface area (Å²) >= 11 is 0. The number of nitrogen functional groups attached to an aromatic ring is 1. The van der Waals surface area contributed by atoms with Gasteiger partial charge in [-0.05, 0) is 24.3 Å². The first kappa shape index (κ1) is 10.5. The van der Waals surface area contributed by atoms with Crippen LogP contribution >= 0.6 is 0 Å². The first-order valence-electron chi connectivity index (χ1n) is 4.44. The fourth-order valence-electron chi connectivity index (χ4n) is 1.35.